The topological polar surface area (TPSA) is 70.2 Å². The van der Waals surface area contributed by atoms with Crippen LogP contribution < -0.4 is 0 Å². The number of ketones is 1. The third-order valence-corrected chi connectivity index (χ3v) is 1.97. The lowest BCUT2D eigenvalue weighted by atomic mass is 10.1. The largest absolute Gasteiger partial charge is 0.478 e. The lowest BCUT2D eigenvalue weighted by Gasteiger charge is -1.95. The van der Waals surface area contributed by atoms with E-state index in [0.29, 0.717) is 17.7 Å². The van der Waals surface area contributed by atoms with Gasteiger partial charge in [-0.1, -0.05) is 6.92 Å². The van der Waals surface area contributed by atoms with E-state index in [1.165, 1.54) is 6.20 Å². The standard InChI is InChI=1S/C9H11NO3/c1-3-7(11)8-5(2)6(4-10-8)9(12)13/h4,10H,3H2,1-2H3,(H,12,13). The number of carbonyl (C=O) groups excluding carboxylic acids is 1. The van der Waals surface area contributed by atoms with Crippen molar-refractivity contribution in [1.82, 2.24) is 4.98 Å². The van der Waals surface area contributed by atoms with Crippen LogP contribution in [0.3, 0.4) is 0 Å². The Morgan fingerprint density at radius 1 is 1.54 bits per heavy atom. The fraction of sp³-hybridized carbons (Fsp3) is 0.333. The van der Waals surface area contributed by atoms with Gasteiger partial charge in [-0.2, -0.15) is 0 Å². The number of hydrogen-bond acceptors (Lipinski definition) is 2. The molecule has 0 saturated carbocycles. The predicted octanol–water partition coefficient (Wildman–Crippen LogP) is 1.61. The minimum atomic E-state index is -1.01. The number of carboxylic acids is 1. The van der Waals surface area contributed by atoms with Gasteiger partial charge >= 0.3 is 5.97 Å². The quantitative estimate of drug-likeness (QED) is 0.696. The fourth-order valence-electron chi connectivity index (χ4n) is 1.18. The van der Waals surface area contributed by atoms with Gasteiger partial charge < -0.3 is 10.1 Å². The van der Waals surface area contributed by atoms with Crippen LogP contribution in [-0.4, -0.2) is 21.8 Å². The third kappa shape index (κ3) is 1.61. The van der Waals surface area contributed by atoms with Crippen molar-refractivity contribution in [2.24, 2.45) is 0 Å². The van der Waals surface area contributed by atoms with E-state index in [0.717, 1.165) is 0 Å². The number of aromatic amines is 1. The monoisotopic (exact) mass is 181 g/mol. The molecular weight excluding hydrogens is 170 g/mol. The van der Waals surface area contributed by atoms with Crippen molar-refractivity contribution >= 4 is 11.8 Å². The summed E-state index contributed by atoms with van der Waals surface area (Å²) in [7, 11) is 0. The summed E-state index contributed by atoms with van der Waals surface area (Å²) in [5, 5.41) is 8.70. The van der Waals surface area contributed by atoms with Crippen molar-refractivity contribution in [3.63, 3.8) is 0 Å². The molecule has 1 aromatic rings. The first-order chi connectivity index (χ1) is 6.07. The van der Waals surface area contributed by atoms with E-state index in [4.69, 9.17) is 5.11 Å². The number of Topliss-reactive ketones (excluding diaryl/α,β-unsaturated/α-hetero) is 1. The molecule has 0 atom stereocenters. The van der Waals surface area contributed by atoms with Gasteiger partial charge in [-0.05, 0) is 12.5 Å². The van der Waals surface area contributed by atoms with E-state index in [2.05, 4.69) is 4.98 Å². The number of hydrogen-bond donors (Lipinski definition) is 2. The first kappa shape index (κ1) is 9.51. The lowest BCUT2D eigenvalue weighted by molar-refractivity contribution is 0.0696. The van der Waals surface area contributed by atoms with E-state index in [-0.39, 0.29) is 11.3 Å². The Hall–Kier alpha value is -1.58. The average Bonchev–Trinajstić information content (AvgIpc) is 2.46. The zero-order valence-corrected chi connectivity index (χ0v) is 7.55. The molecule has 0 aliphatic heterocycles. The first-order valence-electron chi connectivity index (χ1n) is 4.02. The van der Waals surface area contributed by atoms with Crippen LogP contribution in [0, 0.1) is 6.92 Å². The summed E-state index contributed by atoms with van der Waals surface area (Å²) in [5.41, 5.74) is 1.08. The molecule has 0 bridgehead atoms. The Kier molecular flexibility index (Phi) is 2.51. The van der Waals surface area contributed by atoms with Gasteiger partial charge in [-0.25, -0.2) is 4.79 Å². The molecule has 0 aliphatic rings. The molecule has 0 amide bonds. The highest BCUT2D eigenvalue weighted by Gasteiger charge is 2.16. The van der Waals surface area contributed by atoms with E-state index < -0.39 is 5.97 Å². The lowest BCUT2D eigenvalue weighted by Crippen LogP contribution is -2.01. The van der Waals surface area contributed by atoms with Gasteiger partial charge in [0.1, 0.15) is 0 Å². The van der Waals surface area contributed by atoms with Gasteiger partial charge in [-0.3, -0.25) is 4.79 Å². The van der Waals surface area contributed by atoms with E-state index in [1.54, 1.807) is 13.8 Å². The predicted molar refractivity (Wildman–Crippen MR) is 47.1 cm³/mol. The Morgan fingerprint density at radius 3 is 2.54 bits per heavy atom. The van der Waals surface area contributed by atoms with Crippen molar-refractivity contribution in [3.05, 3.63) is 23.0 Å². The molecule has 1 rings (SSSR count). The number of rotatable bonds is 3. The summed E-state index contributed by atoms with van der Waals surface area (Å²) in [6, 6.07) is 0. The Morgan fingerprint density at radius 2 is 2.15 bits per heavy atom. The van der Waals surface area contributed by atoms with Crippen molar-refractivity contribution in [1.29, 1.82) is 0 Å². The van der Waals surface area contributed by atoms with Gasteiger partial charge in [0.15, 0.2) is 5.78 Å². The Balaban J connectivity index is 3.13. The molecule has 4 nitrogen and oxygen atoms in total. The molecule has 1 heterocycles. The molecule has 2 N–H and O–H groups in total. The minimum absolute atomic E-state index is 0.0648. The molecule has 0 radical (unpaired) electrons. The normalized spacial score (nSPS) is 10.0. The van der Waals surface area contributed by atoms with Crippen LogP contribution in [-0.2, 0) is 0 Å². The fourth-order valence-corrected chi connectivity index (χ4v) is 1.18. The highest BCUT2D eigenvalue weighted by Crippen LogP contribution is 2.14. The van der Waals surface area contributed by atoms with E-state index in [1.807, 2.05) is 0 Å². The van der Waals surface area contributed by atoms with Gasteiger partial charge in [0, 0.05) is 12.6 Å². The van der Waals surface area contributed by atoms with E-state index >= 15 is 0 Å². The molecule has 0 aliphatic carbocycles. The van der Waals surface area contributed by atoms with Crippen molar-refractivity contribution in [2.45, 2.75) is 20.3 Å². The Labute approximate surface area is 75.6 Å². The molecule has 0 aromatic carbocycles. The molecule has 70 valence electrons. The van der Waals surface area contributed by atoms with Crippen LogP contribution in [0.2, 0.25) is 0 Å². The van der Waals surface area contributed by atoms with Gasteiger partial charge in [0.2, 0.25) is 0 Å². The second kappa shape index (κ2) is 3.43. The van der Waals surface area contributed by atoms with Crippen LogP contribution in [0.15, 0.2) is 6.20 Å². The number of aromatic carboxylic acids is 1. The van der Waals surface area contributed by atoms with Gasteiger partial charge in [0.25, 0.3) is 0 Å². The van der Waals surface area contributed by atoms with Crippen LogP contribution in [0.4, 0.5) is 0 Å². The van der Waals surface area contributed by atoms with Crippen molar-refractivity contribution in [3.8, 4) is 0 Å². The second-order valence-corrected chi connectivity index (χ2v) is 2.78. The SMILES string of the molecule is CCC(=O)c1[nH]cc(C(=O)O)c1C. The minimum Gasteiger partial charge on any atom is -0.478 e. The molecule has 0 spiro atoms. The summed E-state index contributed by atoms with van der Waals surface area (Å²) in [5.74, 6) is -1.08. The van der Waals surface area contributed by atoms with Crippen LogP contribution in [0.5, 0.6) is 0 Å². The summed E-state index contributed by atoms with van der Waals surface area (Å²) in [6.45, 7) is 3.37. The van der Waals surface area contributed by atoms with Crippen molar-refractivity contribution < 1.29 is 14.7 Å². The molecule has 4 heteroatoms. The molecular formula is C9H11NO3. The maximum Gasteiger partial charge on any atom is 0.337 e. The van der Waals surface area contributed by atoms with E-state index in [9.17, 15) is 9.59 Å². The van der Waals surface area contributed by atoms with Crippen molar-refractivity contribution in [2.75, 3.05) is 0 Å². The number of carboxylic acid groups (broad SMARTS) is 1. The third-order valence-electron chi connectivity index (χ3n) is 1.97. The zero-order chi connectivity index (χ0) is 10.0. The summed E-state index contributed by atoms with van der Waals surface area (Å²) >= 11 is 0. The number of nitrogens with one attached hydrogen (secondary N) is 1. The number of carbonyl (C=O) groups is 2. The molecule has 13 heavy (non-hydrogen) atoms. The van der Waals surface area contributed by atoms with Crippen LogP contribution in [0.1, 0.15) is 39.8 Å². The second-order valence-electron chi connectivity index (χ2n) is 2.78. The van der Waals surface area contributed by atoms with Crippen LogP contribution in [0.25, 0.3) is 0 Å². The molecule has 0 saturated heterocycles. The maximum atomic E-state index is 11.2. The highest BCUT2D eigenvalue weighted by atomic mass is 16.4. The number of H-pyrrole nitrogens is 1. The molecule has 0 fully saturated rings. The average molecular weight is 181 g/mol. The maximum absolute atomic E-state index is 11.2. The molecule has 0 unspecified atom stereocenters. The molecule has 1 aromatic heterocycles. The van der Waals surface area contributed by atoms with Gasteiger partial charge in [-0.15, -0.1) is 0 Å². The van der Waals surface area contributed by atoms with Crippen LogP contribution >= 0.6 is 0 Å². The highest BCUT2D eigenvalue weighted by molar-refractivity contribution is 5.99. The summed E-state index contributed by atoms with van der Waals surface area (Å²) in [6.07, 6.45) is 1.72. The first-order valence-corrected chi connectivity index (χ1v) is 4.02. The van der Waals surface area contributed by atoms with Gasteiger partial charge in [0.05, 0.1) is 11.3 Å². The summed E-state index contributed by atoms with van der Waals surface area (Å²) < 4.78 is 0. The smallest absolute Gasteiger partial charge is 0.337 e. The zero-order valence-electron chi connectivity index (χ0n) is 7.55. The summed E-state index contributed by atoms with van der Waals surface area (Å²) in [4.78, 5) is 24.5. The Bertz CT molecular complexity index is 352. The number of aromatic nitrogens is 1.